The summed E-state index contributed by atoms with van der Waals surface area (Å²) in [6.45, 7) is 5.51. The summed E-state index contributed by atoms with van der Waals surface area (Å²) in [5.74, 6) is -1.57. The minimum absolute atomic E-state index is 0.00531. The Morgan fingerprint density at radius 2 is 2.00 bits per heavy atom. The van der Waals surface area contributed by atoms with Crippen molar-refractivity contribution in [3.05, 3.63) is 70.8 Å². The number of hydrogen-bond acceptors (Lipinski definition) is 6. The van der Waals surface area contributed by atoms with Gasteiger partial charge in [-0.1, -0.05) is 54.9 Å². The van der Waals surface area contributed by atoms with Gasteiger partial charge in [-0.3, -0.25) is 9.59 Å². The fraction of sp³-hybridized carbons (Fsp3) is 0.346. The second-order valence-electron chi connectivity index (χ2n) is 9.18. The van der Waals surface area contributed by atoms with Crippen LogP contribution >= 0.6 is 11.6 Å². The fourth-order valence-electron chi connectivity index (χ4n) is 4.37. The molecular weight excluding hydrogens is 489 g/mol. The van der Waals surface area contributed by atoms with Crippen molar-refractivity contribution >= 4 is 23.4 Å². The van der Waals surface area contributed by atoms with Gasteiger partial charge in [0, 0.05) is 24.6 Å². The molecule has 1 aliphatic rings. The van der Waals surface area contributed by atoms with Crippen LogP contribution in [0.2, 0.25) is 5.02 Å². The van der Waals surface area contributed by atoms with Gasteiger partial charge in [-0.05, 0) is 36.6 Å². The Labute approximate surface area is 212 Å². The molecule has 3 atom stereocenters. The van der Waals surface area contributed by atoms with Crippen molar-refractivity contribution in [1.29, 1.82) is 0 Å². The smallest absolute Gasteiger partial charge is 0.275 e. The van der Waals surface area contributed by atoms with Crippen molar-refractivity contribution in [2.75, 3.05) is 6.54 Å². The summed E-state index contributed by atoms with van der Waals surface area (Å²) in [6, 6.07) is 11.7. The Morgan fingerprint density at radius 1 is 1.25 bits per heavy atom. The van der Waals surface area contributed by atoms with Gasteiger partial charge in [0.25, 0.3) is 5.91 Å². The number of carbonyl (C=O) groups is 2. The lowest BCUT2D eigenvalue weighted by atomic mass is 9.91. The molecule has 1 fully saturated rings. The highest BCUT2D eigenvalue weighted by atomic mass is 35.5. The van der Waals surface area contributed by atoms with E-state index in [1.54, 1.807) is 37.3 Å². The SMILES string of the molecule is Cc1cc(C(C(=O)N2C[C@H](O)C[C@H]2C(=O)NOc2ccc(-c3ccccc3F)cc2Cl)C(C)C)on1. The molecule has 2 aromatic carbocycles. The molecule has 0 saturated carbocycles. The maximum atomic E-state index is 14.1. The third kappa shape index (κ3) is 5.37. The van der Waals surface area contributed by atoms with Crippen LogP contribution in [0.15, 0.2) is 53.1 Å². The summed E-state index contributed by atoms with van der Waals surface area (Å²) >= 11 is 6.30. The molecule has 1 aromatic heterocycles. The predicted molar refractivity (Wildman–Crippen MR) is 131 cm³/mol. The van der Waals surface area contributed by atoms with Gasteiger partial charge in [0.1, 0.15) is 23.5 Å². The number of nitrogens with zero attached hydrogens (tertiary/aromatic N) is 2. The van der Waals surface area contributed by atoms with E-state index < -0.39 is 24.0 Å². The summed E-state index contributed by atoms with van der Waals surface area (Å²) in [5, 5.41) is 14.3. The highest BCUT2D eigenvalue weighted by molar-refractivity contribution is 6.32. The van der Waals surface area contributed by atoms with Crippen LogP contribution in [0.5, 0.6) is 5.75 Å². The van der Waals surface area contributed by atoms with E-state index in [4.69, 9.17) is 21.0 Å². The van der Waals surface area contributed by atoms with Gasteiger partial charge in [-0.25, -0.2) is 4.39 Å². The summed E-state index contributed by atoms with van der Waals surface area (Å²) in [4.78, 5) is 33.2. The maximum absolute atomic E-state index is 14.1. The van der Waals surface area contributed by atoms with Crippen LogP contribution in [0, 0.1) is 18.7 Å². The predicted octanol–water partition coefficient (Wildman–Crippen LogP) is 4.25. The zero-order valence-corrected chi connectivity index (χ0v) is 20.8. The second kappa shape index (κ2) is 10.7. The van der Waals surface area contributed by atoms with Crippen LogP contribution in [-0.4, -0.2) is 45.7 Å². The van der Waals surface area contributed by atoms with Crippen molar-refractivity contribution < 1.29 is 28.4 Å². The Morgan fingerprint density at radius 3 is 2.64 bits per heavy atom. The minimum atomic E-state index is -0.950. The molecule has 0 spiro atoms. The zero-order chi connectivity index (χ0) is 26.0. The molecule has 0 radical (unpaired) electrons. The first-order valence-electron chi connectivity index (χ1n) is 11.6. The fourth-order valence-corrected chi connectivity index (χ4v) is 4.59. The summed E-state index contributed by atoms with van der Waals surface area (Å²) in [6.07, 6.45) is -0.807. The number of rotatable bonds is 7. The molecule has 3 aromatic rings. The van der Waals surface area contributed by atoms with Crippen LogP contribution in [0.3, 0.4) is 0 Å². The van der Waals surface area contributed by atoms with E-state index in [0.717, 1.165) is 0 Å². The number of likely N-dealkylation sites (tertiary alicyclic amines) is 1. The van der Waals surface area contributed by atoms with E-state index >= 15 is 0 Å². The first kappa shape index (κ1) is 25.7. The Balaban J connectivity index is 1.47. The molecule has 1 unspecified atom stereocenters. The molecule has 0 bridgehead atoms. The Hall–Kier alpha value is -3.43. The molecule has 10 heteroatoms. The Bertz CT molecular complexity index is 1260. The van der Waals surface area contributed by atoms with Crippen LogP contribution < -0.4 is 10.3 Å². The molecule has 2 N–H and O–H groups in total. The highest BCUT2D eigenvalue weighted by Gasteiger charge is 2.43. The number of hydrogen-bond donors (Lipinski definition) is 2. The van der Waals surface area contributed by atoms with Gasteiger partial charge in [0.05, 0.1) is 16.8 Å². The number of benzene rings is 2. The molecular formula is C26H27ClFN3O5. The van der Waals surface area contributed by atoms with Gasteiger partial charge < -0.3 is 19.4 Å². The van der Waals surface area contributed by atoms with Crippen molar-refractivity contribution in [1.82, 2.24) is 15.5 Å². The second-order valence-corrected chi connectivity index (χ2v) is 9.59. The topological polar surface area (TPSA) is 105 Å². The van der Waals surface area contributed by atoms with Crippen molar-refractivity contribution in [2.45, 2.75) is 45.3 Å². The lowest BCUT2D eigenvalue weighted by molar-refractivity contribution is -0.143. The van der Waals surface area contributed by atoms with E-state index in [1.165, 1.54) is 23.1 Å². The molecule has 190 valence electrons. The van der Waals surface area contributed by atoms with Gasteiger partial charge in [0.15, 0.2) is 5.75 Å². The number of aliphatic hydroxyl groups is 1. The highest BCUT2D eigenvalue weighted by Crippen LogP contribution is 2.33. The molecule has 0 aliphatic carbocycles. The standard InChI is InChI=1S/C26H27ClFN3O5/c1-14(2)24(23-10-15(3)29-36-23)26(34)31-13-17(32)12-21(31)25(33)30-35-22-9-8-16(11-19(22)27)18-6-4-5-7-20(18)28/h4-11,14,17,21,24,32H,12-13H2,1-3H3,(H,30,33)/t17-,21+,24?/m1/s1. The molecule has 4 rings (SSSR count). The monoisotopic (exact) mass is 515 g/mol. The van der Waals surface area contributed by atoms with Crippen molar-refractivity contribution in [2.24, 2.45) is 5.92 Å². The molecule has 2 amide bonds. The van der Waals surface area contributed by atoms with Crippen LogP contribution in [0.25, 0.3) is 11.1 Å². The largest absolute Gasteiger partial charge is 0.391 e. The third-order valence-corrected chi connectivity index (χ3v) is 6.42. The van der Waals surface area contributed by atoms with E-state index in [9.17, 15) is 19.1 Å². The number of β-amino-alcohol motifs (C(OH)–C–C–N with tert-alkyl or cyclic N) is 1. The first-order chi connectivity index (χ1) is 17.2. The summed E-state index contributed by atoms with van der Waals surface area (Å²) in [7, 11) is 0. The van der Waals surface area contributed by atoms with Gasteiger partial charge in [-0.2, -0.15) is 5.48 Å². The normalized spacial score (nSPS) is 18.4. The van der Waals surface area contributed by atoms with E-state index in [0.29, 0.717) is 22.6 Å². The first-order valence-corrected chi connectivity index (χ1v) is 12.0. The molecule has 36 heavy (non-hydrogen) atoms. The van der Waals surface area contributed by atoms with Crippen LogP contribution in [0.1, 0.15) is 37.6 Å². The van der Waals surface area contributed by atoms with Gasteiger partial charge >= 0.3 is 0 Å². The van der Waals surface area contributed by atoms with E-state index in [1.807, 2.05) is 13.8 Å². The minimum Gasteiger partial charge on any atom is -0.391 e. The van der Waals surface area contributed by atoms with Crippen LogP contribution in [0.4, 0.5) is 4.39 Å². The molecule has 1 saturated heterocycles. The number of amides is 2. The zero-order valence-electron chi connectivity index (χ0n) is 20.1. The van der Waals surface area contributed by atoms with E-state index in [-0.39, 0.29) is 41.4 Å². The third-order valence-electron chi connectivity index (χ3n) is 6.13. The average molecular weight is 516 g/mol. The van der Waals surface area contributed by atoms with Crippen LogP contribution in [-0.2, 0) is 9.59 Å². The summed E-state index contributed by atoms with van der Waals surface area (Å²) in [5.41, 5.74) is 3.91. The Kier molecular flexibility index (Phi) is 7.61. The number of aryl methyl sites for hydroxylation is 1. The van der Waals surface area contributed by atoms with E-state index in [2.05, 4.69) is 10.6 Å². The lowest BCUT2D eigenvalue weighted by Gasteiger charge is -2.28. The lowest BCUT2D eigenvalue weighted by Crippen LogP contribution is -2.48. The maximum Gasteiger partial charge on any atom is 0.275 e. The number of aromatic nitrogens is 1. The van der Waals surface area contributed by atoms with Gasteiger partial charge in [-0.15, -0.1) is 0 Å². The number of aliphatic hydroxyl groups excluding tert-OH is 1. The number of halogens is 2. The quantitative estimate of drug-likeness (QED) is 0.456. The molecule has 1 aliphatic heterocycles. The van der Waals surface area contributed by atoms with Crippen molar-refractivity contribution in [3.63, 3.8) is 0 Å². The van der Waals surface area contributed by atoms with Gasteiger partial charge in [0.2, 0.25) is 5.91 Å². The van der Waals surface area contributed by atoms with Crippen molar-refractivity contribution in [3.8, 4) is 16.9 Å². The molecule has 8 nitrogen and oxygen atoms in total. The number of carbonyl (C=O) groups excluding carboxylic acids is 2. The number of nitrogens with one attached hydrogen (secondary N) is 1. The summed E-state index contributed by atoms with van der Waals surface area (Å²) < 4.78 is 19.4. The molecule has 2 heterocycles. The number of hydroxylamine groups is 1. The average Bonchev–Trinajstić information content (AvgIpc) is 3.43.